The fourth-order valence-electron chi connectivity index (χ4n) is 2.73. The third-order valence-corrected chi connectivity index (χ3v) is 4.11. The number of hydrogen-bond acceptors (Lipinski definition) is 1. The predicted molar refractivity (Wildman–Crippen MR) is 91.7 cm³/mol. The van der Waals surface area contributed by atoms with E-state index in [9.17, 15) is 0 Å². The molecule has 0 amide bonds. The molecule has 1 unspecified atom stereocenters. The van der Waals surface area contributed by atoms with Crippen LogP contribution in [0.15, 0.2) is 52.3 Å². The van der Waals surface area contributed by atoms with Crippen LogP contribution in [-0.2, 0) is 13.5 Å². The van der Waals surface area contributed by atoms with E-state index in [1.807, 2.05) is 6.21 Å². The van der Waals surface area contributed by atoms with Gasteiger partial charge < -0.3 is 4.57 Å². The van der Waals surface area contributed by atoms with E-state index in [4.69, 9.17) is 0 Å². The predicted octanol–water partition coefficient (Wildman–Crippen LogP) is 4.76. The van der Waals surface area contributed by atoms with Gasteiger partial charge in [-0.3, -0.25) is 4.99 Å². The molecule has 0 radical (unpaired) electrons. The molecule has 1 aromatic heterocycles. The number of aliphatic imine (C=N–C) groups is 1. The highest BCUT2D eigenvalue weighted by Gasteiger charge is 2.11. The van der Waals surface area contributed by atoms with Crippen molar-refractivity contribution in [1.82, 2.24) is 4.57 Å². The maximum absolute atomic E-state index is 4.56. The summed E-state index contributed by atoms with van der Waals surface area (Å²) in [6.45, 7) is 8.55. The molecule has 2 nitrogen and oxygen atoms in total. The summed E-state index contributed by atoms with van der Waals surface area (Å²) in [5.74, 6) is 0.519. The second-order valence-electron chi connectivity index (χ2n) is 6.21. The van der Waals surface area contributed by atoms with Gasteiger partial charge in [-0.1, -0.05) is 23.8 Å². The van der Waals surface area contributed by atoms with Gasteiger partial charge in [-0.05, 0) is 63.7 Å². The largest absolute Gasteiger partial charge is 0.354 e. The Balaban J connectivity index is 2.25. The molecular weight excluding hydrogens is 256 g/mol. The molecule has 0 bridgehead atoms. The molecule has 0 saturated heterocycles. The first-order valence-electron chi connectivity index (χ1n) is 7.63. The summed E-state index contributed by atoms with van der Waals surface area (Å²) in [7, 11) is 2.13. The molecule has 2 heterocycles. The summed E-state index contributed by atoms with van der Waals surface area (Å²) in [5, 5.41) is 0. The first-order valence-corrected chi connectivity index (χ1v) is 7.63. The van der Waals surface area contributed by atoms with E-state index in [1.165, 1.54) is 22.4 Å². The average molecular weight is 282 g/mol. The van der Waals surface area contributed by atoms with Crippen LogP contribution in [0.5, 0.6) is 0 Å². The fraction of sp³-hybridized carbons (Fsp3) is 0.421. The van der Waals surface area contributed by atoms with Crippen LogP contribution in [0.3, 0.4) is 0 Å². The molecule has 0 spiro atoms. The minimum atomic E-state index is 0.519. The van der Waals surface area contributed by atoms with Gasteiger partial charge in [-0.2, -0.15) is 0 Å². The Morgan fingerprint density at radius 3 is 2.67 bits per heavy atom. The zero-order valence-electron chi connectivity index (χ0n) is 13.9. The first kappa shape index (κ1) is 15.6. The number of aryl methyl sites for hydroxylation is 2. The van der Waals surface area contributed by atoms with Crippen LogP contribution in [0.2, 0.25) is 0 Å². The Morgan fingerprint density at radius 2 is 2.00 bits per heavy atom. The van der Waals surface area contributed by atoms with Crippen LogP contribution < -0.4 is 0 Å². The topological polar surface area (TPSA) is 17.3 Å². The van der Waals surface area contributed by atoms with Crippen molar-refractivity contribution in [2.24, 2.45) is 18.0 Å². The van der Waals surface area contributed by atoms with Crippen molar-refractivity contribution >= 4 is 6.21 Å². The summed E-state index contributed by atoms with van der Waals surface area (Å²) in [5.41, 5.74) is 6.44. The second-order valence-corrected chi connectivity index (χ2v) is 6.21. The van der Waals surface area contributed by atoms with Crippen LogP contribution in [0.4, 0.5) is 0 Å². The van der Waals surface area contributed by atoms with E-state index < -0.39 is 0 Å². The monoisotopic (exact) mass is 282 g/mol. The third kappa shape index (κ3) is 4.32. The number of aromatic nitrogens is 1. The van der Waals surface area contributed by atoms with E-state index in [1.54, 1.807) is 0 Å². The lowest BCUT2D eigenvalue weighted by Crippen LogP contribution is -2.07. The minimum absolute atomic E-state index is 0.519. The Bertz CT molecular complexity index is 624. The minimum Gasteiger partial charge on any atom is -0.354 e. The molecule has 112 valence electrons. The van der Waals surface area contributed by atoms with Crippen LogP contribution in [-0.4, -0.2) is 10.8 Å². The molecule has 0 aromatic carbocycles. The summed E-state index contributed by atoms with van der Waals surface area (Å²) in [4.78, 5) is 4.56. The number of rotatable bonds is 2. The molecule has 0 fully saturated rings. The van der Waals surface area contributed by atoms with E-state index in [-0.39, 0.29) is 0 Å². The van der Waals surface area contributed by atoms with E-state index in [0.717, 1.165) is 18.5 Å². The van der Waals surface area contributed by atoms with Crippen molar-refractivity contribution in [3.8, 4) is 0 Å². The van der Waals surface area contributed by atoms with Crippen molar-refractivity contribution in [2.75, 3.05) is 0 Å². The van der Waals surface area contributed by atoms with Gasteiger partial charge in [0.05, 0.1) is 0 Å². The summed E-state index contributed by atoms with van der Waals surface area (Å²) < 4.78 is 2.24. The zero-order chi connectivity index (χ0) is 15.4. The Morgan fingerprint density at radius 1 is 1.24 bits per heavy atom. The molecule has 1 aliphatic rings. The van der Waals surface area contributed by atoms with Crippen molar-refractivity contribution in [3.63, 3.8) is 0 Å². The normalized spacial score (nSPS) is 24.8. The molecule has 1 atom stereocenters. The standard InChI is InChI=1S/C19H26N2/c1-14-7-6-8-18(10-16(3)17(4)20-12-14)11-19-9-15(2)13-21(19)5/h6-9,12-13,18H,10-11H2,1-5H3/b8-6+,14-7?,17-16+,20-12?. The first-order chi connectivity index (χ1) is 9.95. The van der Waals surface area contributed by atoms with Gasteiger partial charge in [0.15, 0.2) is 0 Å². The molecule has 0 N–H and O–H groups in total. The highest BCUT2D eigenvalue weighted by atomic mass is 14.9. The van der Waals surface area contributed by atoms with Gasteiger partial charge in [0.2, 0.25) is 0 Å². The van der Waals surface area contributed by atoms with Gasteiger partial charge in [-0.25, -0.2) is 0 Å². The van der Waals surface area contributed by atoms with Crippen LogP contribution >= 0.6 is 0 Å². The summed E-state index contributed by atoms with van der Waals surface area (Å²) >= 11 is 0. The average Bonchev–Trinajstić information content (AvgIpc) is 2.73. The van der Waals surface area contributed by atoms with Crippen LogP contribution in [0, 0.1) is 12.8 Å². The number of allylic oxidation sites excluding steroid dienone is 6. The molecule has 2 heteroatoms. The SMILES string of the molecule is CC1=C/C=C/C(Cc2cc(C)cn2C)C/C(C)=C(\C)N=C1. The molecule has 1 aliphatic heterocycles. The lowest BCUT2D eigenvalue weighted by atomic mass is 9.93. The Kier molecular flexibility index (Phi) is 5.00. The van der Waals surface area contributed by atoms with E-state index >= 15 is 0 Å². The quantitative estimate of drug-likeness (QED) is 0.744. The van der Waals surface area contributed by atoms with Crippen LogP contribution in [0.25, 0.3) is 0 Å². The second kappa shape index (κ2) is 6.75. The Labute approximate surface area is 128 Å². The lowest BCUT2D eigenvalue weighted by Gasteiger charge is -2.15. The van der Waals surface area contributed by atoms with Crippen molar-refractivity contribution in [1.29, 1.82) is 0 Å². The maximum Gasteiger partial charge on any atom is 0.0362 e. The van der Waals surface area contributed by atoms with Gasteiger partial charge >= 0.3 is 0 Å². The van der Waals surface area contributed by atoms with Crippen LogP contribution in [0.1, 0.15) is 38.4 Å². The van der Waals surface area contributed by atoms with E-state index in [0.29, 0.717) is 5.92 Å². The van der Waals surface area contributed by atoms with Gasteiger partial charge in [0.1, 0.15) is 0 Å². The third-order valence-electron chi connectivity index (χ3n) is 4.11. The smallest absolute Gasteiger partial charge is 0.0362 e. The van der Waals surface area contributed by atoms with Crippen molar-refractivity contribution in [2.45, 2.75) is 40.5 Å². The number of nitrogens with zero attached hydrogens (tertiary/aromatic N) is 2. The summed E-state index contributed by atoms with van der Waals surface area (Å²) in [6.07, 6.45) is 12.9. The summed E-state index contributed by atoms with van der Waals surface area (Å²) in [6, 6.07) is 2.29. The fourth-order valence-corrected chi connectivity index (χ4v) is 2.73. The maximum atomic E-state index is 4.56. The lowest BCUT2D eigenvalue weighted by molar-refractivity contribution is 0.609. The van der Waals surface area contributed by atoms with Crippen molar-refractivity contribution < 1.29 is 0 Å². The van der Waals surface area contributed by atoms with E-state index in [2.05, 4.69) is 74.8 Å². The van der Waals surface area contributed by atoms with Crippen molar-refractivity contribution in [3.05, 3.63) is 58.6 Å². The highest BCUT2D eigenvalue weighted by Crippen LogP contribution is 2.22. The molecule has 0 aliphatic carbocycles. The molecule has 1 aromatic rings. The molecule has 21 heavy (non-hydrogen) atoms. The molecule has 0 saturated carbocycles. The van der Waals surface area contributed by atoms with Gasteiger partial charge in [0.25, 0.3) is 0 Å². The Hall–Kier alpha value is -1.83. The molecular formula is C19H26N2. The zero-order valence-corrected chi connectivity index (χ0v) is 13.9. The number of hydrogen-bond donors (Lipinski definition) is 0. The highest BCUT2D eigenvalue weighted by molar-refractivity contribution is 5.79. The molecule has 2 rings (SSSR count). The van der Waals surface area contributed by atoms with Gasteiger partial charge in [-0.15, -0.1) is 0 Å². The van der Waals surface area contributed by atoms with Gasteiger partial charge in [0, 0.05) is 30.9 Å².